The van der Waals surface area contributed by atoms with Crippen molar-refractivity contribution < 1.29 is 4.79 Å². The lowest BCUT2D eigenvalue weighted by molar-refractivity contribution is -0.131. The SMILES string of the molecule is CC(CBr)N(C)C(=O)CCCc1ccccc1. The van der Waals surface area contributed by atoms with Crippen LogP contribution in [0.5, 0.6) is 0 Å². The molecule has 0 bridgehead atoms. The van der Waals surface area contributed by atoms with Crippen molar-refractivity contribution in [3.05, 3.63) is 35.9 Å². The number of benzene rings is 1. The zero-order chi connectivity index (χ0) is 12.7. The highest BCUT2D eigenvalue weighted by Gasteiger charge is 2.13. The maximum atomic E-state index is 11.8. The summed E-state index contributed by atoms with van der Waals surface area (Å²) in [6.07, 6.45) is 2.52. The summed E-state index contributed by atoms with van der Waals surface area (Å²) < 4.78 is 0. The second kappa shape index (κ2) is 7.49. The monoisotopic (exact) mass is 297 g/mol. The number of carbonyl (C=O) groups excluding carboxylic acids is 1. The fourth-order valence-corrected chi connectivity index (χ4v) is 2.05. The summed E-state index contributed by atoms with van der Waals surface area (Å²) in [6, 6.07) is 10.6. The molecule has 0 aliphatic rings. The molecule has 0 radical (unpaired) electrons. The molecular weight excluding hydrogens is 278 g/mol. The van der Waals surface area contributed by atoms with Gasteiger partial charge in [-0.2, -0.15) is 0 Å². The number of nitrogens with zero attached hydrogens (tertiary/aromatic N) is 1. The van der Waals surface area contributed by atoms with Crippen molar-refractivity contribution in [1.29, 1.82) is 0 Å². The first-order valence-corrected chi connectivity index (χ1v) is 7.13. The van der Waals surface area contributed by atoms with Crippen molar-refractivity contribution in [2.75, 3.05) is 12.4 Å². The molecular formula is C14H20BrNO. The van der Waals surface area contributed by atoms with Gasteiger partial charge in [-0.15, -0.1) is 0 Å². The minimum absolute atomic E-state index is 0.230. The molecule has 0 saturated carbocycles. The Kier molecular flexibility index (Phi) is 6.27. The molecule has 1 aromatic rings. The molecule has 1 unspecified atom stereocenters. The van der Waals surface area contributed by atoms with Crippen LogP contribution >= 0.6 is 15.9 Å². The van der Waals surface area contributed by atoms with E-state index in [2.05, 4.69) is 28.1 Å². The molecule has 0 fully saturated rings. The fraction of sp³-hybridized carbons (Fsp3) is 0.500. The second-order valence-electron chi connectivity index (χ2n) is 4.35. The van der Waals surface area contributed by atoms with Crippen LogP contribution in [-0.2, 0) is 11.2 Å². The Bertz CT molecular complexity index is 339. The maximum Gasteiger partial charge on any atom is 0.222 e. The molecule has 1 atom stereocenters. The lowest BCUT2D eigenvalue weighted by atomic mass is 10.1. The van der Waals surface area contributed by atoms with Gasteiger partial charge in [0.2, 0.25) is 5.91 Å². The molecule has 3 heteroatoms. The van der Waals surface area contributed by atoms with E-state index in [1.165, 1.54) is 5.56 Å². The van der Waals surface area contributed by atoms with Gasteiger partial charge in [0.05, 0.1) is 0 Å². The third-order valence-corrected chi connectivity index (χ3v) is 3.91. The first-order chi connectivity index (χ1) is 8.15. The van der Waals surface area contributed by atoms with Gasteiger partial charge in [-0.05, 0) is 25.3 Å². The lowest BCUT2D eigenvalue weighted by Gasteiger charge is -2.23. The highest BCUT2D eigenvalue weighted by Crippen LogP contribution is 2.08. The molecule has 0 aromatic heterocycles. The average molecular weight is 298 g/mol. The molecule has 1 aromatic carbocycles. The Hall–Kier alpha value is -0.830. The quantitative estimate of drug-likeness (QED) is 0.738. The van der Waals surface area contributed by atoms with Gasteiger partial charge in [0, 0.05) is 24.8 Å². The summed E-state index contributed by atoms with van der Waals surface area (Å²) in [7, 11) is 1.87. The minimum atomic E-state index is 0.230. The van der Waals surface area contributed by atoms with E-state index < -0.39 is 0 Å². The summed E-state index contributed by atoms with van der Waals surface area (Å²) in [5, 5.41) is 0.827. The van der Waals surface area contributed by atoms with Crippen LogP contribution in [0.1, 0.15) is 25.3 Å². The molecule has 0 heterocycles. The zero-order valence-electron chi connectivity index (χ0n) is 10.5. The maximum absolute atomic E-state index is 11.8. The van der Waals surface area contributed by atoms with Gasteiger partial charge in [0.15, 0.2) is 0 Å². The number of alkyl halides is 1. The molecule has 17 heavy (non-hydrogen) atoms. The van der Waals surface area contributed by atoms with Gasteiger partial charge in [-0.3, -0.25) is 4.79 Å². The third kappa shape index (κ3) is 4.90. The summed E-state index contributed by atoms with van der Waals surface area (Å²) in [4.78, 5) is 13.7. The van der Waals surface area contributed by atoms with Gasteiger partial charge in [-0.1, -0.05) is 46.3 Å². The van der Waals surface area contributed by atoms with Crippen LogP contribution in [0.15, 0.2) is 30.3 Å². The van der Waals surface area contributed by atoms with Crippen molar-refractivity contribution >= 4 is 21.8 Å². The van der Waals surface area contributed by atoms with Crippen LogP contribution in [0.3, 0.4) is 0 Å². The Balaban J connectivity index is 2.29. The van der Waals surface area contributed by atoms with Crippen molar-refractivity contribution in [3.8, 4) is 0 Å². The molecule has 94 valence electrons. The molecule has 1 amide bonds. The van der Waals surface area contributed by atoms with E-state index >= 15 is 0 Å². The predicted octanol–water partition coefficient (Wildman–Crippen LogP) is 3.25. The molecule has 0 N–H and O–H groups in total. The first-order valence-electron chi connectivity index (χ1n) is 6.00. The Morgan fingerprint density at radius 2 is 2.00 bits per heavy atom. The van der Waals surface area contributed by atoms with Crippen molar-refractivity contribution in [1.82, 2.24) is 4.90 Å². The number of carbonyl (C=O) groups is 1. The van der Waals surface area contributed by atoms with Gasteiger partial charge in [-0.25, -0.2) is 0 Å². The average Bonchev–Trinajstić information content (AvgIpc) is 2.38. The van der Waals surface area contributed by atoms with E-state index in [1.54, 1.807) is 0 Å². The van der Waals surface area contributed by atoms with Crippen LogP contribution in [-0.4, -0.2) is 29.2 Å². The normalized spacial score (nSPS) is 12.2. The first kappa shape index (κ1) is 14.2. The minimum Gasteiger partial charge on any atom is -0.342 e. The summed E-state index contributed by atoms with van der Waals surface area (Å²) in [5.41, 5.74) is 1.30. The van der Waals surface area contributed by atoms with Gasteiger partial charge < -0.3 is 4.90 Å². The highest BCUT2D eigenvalue weighted by molar-refractivity contribution is 9.09. The van der Waals surface area contributed by atoms with E-state index in [4.69, 9.17) is 0 Å². The van der Waals surface area contributed by atoms with E-state index in [1.807, 2.05) is 37.1 Å². The number of hydrogen-bond acceptors (Lipinski definition) is 1. The molecule has 0 aliphatic heterocycles. The van der Waals surface area contributed by atoms with Crippen LogP contribution in [0.4, 0.5) is 0 Å². The molecule has 0 spiro atoms. The van der Waals surface area contributed by atoms with Crippen LogP contribution in [0.25, 0.3) is 0 Å². The zero-order valence-corrected chi connectivity index (χ0v) is 12.1. The topological polar surface area (TPSA) is 20.3 Å². The van der Waals surface area contributed by atoms with Crippen molar-refractivity contribution in [2.45, 2.75) is 32.2 Å². The third-order valence-electron chi connectivity index (χ3n) is 2.98. The number of halogens is 1. The van der Waals surface area contributed by atoms with Gasteiger partial charge in [0.25, 0.3) is 0 Å². The molecule has 0 saturated heterocycles. The molecule has 1 rings (SSSR count). The second-order valence-corrected chi connectivity index (χ2v) is 4.99. The summed E-state index contributed by atoms with van der Waals surface area (Å²) in [5.74, 6) is 0.230. The smallest absolute Gasteiger partial charge is 0.222 e. The number of aryl methyl sites for hydroxylation is 1. The van der Waals surface area contributed by atoms with Gasteiger partial charge >= 0.3 is 0 Å². The largest absolute Gasteiger partial charge is 0.342 e. The van der Waals surface area contributed by atoms with E-state index in [-0.39, 0.29) is 11.9 Å². The Morgan fingerprint density at radius 3 is 2.59 bits per heavy atom. The fourth-order valence-electron chi connectivity index (χ4n) is 1.61. The number of hydrogen-bond donors (Lipinski definition) is 0. The number of rotatable bonds is 6. The van der Waals surface area contributed by atoms with Crippen LogP contribution in [0, 0.1) is 0 Å². The van der Waals surface area contributed by atoms with E-state index in [9.17, 15) is 4.79 Å². The summed E-state index contributed by atoms with van der Waals surface area (Å²) in [6.45, 7) is 2.05. The Labute approximate surface area is 112 Å². The van der Waals surface area contributed by atoms with Crippen LogP contribution in [0.2, 0.25) is 0 Å². The molecule has 0 aliphatic carbocycles. The van der Waals surface area contributed by atoms with Crippen LogP contribution < -0.4 is 0 Å². The summed E-state index contributed by atoms with van der Waals surface area (Å²) >= 11 is 3.39. The standard InChI is InChI=1S/C14H20BrNO/c1-12(11-15)16(2)14(17)10-6-9-13-7-4-3-5-8-13/h3-5,7-8,12H,6,9-11H2,1-2H3. The highest BCUT2D eigenvalue weighted by atomic mass is 79.9. The van der Waals surface area contributed by atoms with Crippen molar-refractivity contribution in [2.24, 2.45) is 0 Å². The van der Waals surface area contributed by atoms with E-state index in [0.29, 0.717) is 6.42 Å². The Morgan fingerprint density at radius 1 is 1.35 bits per heavy atom. The van der Waals surface area contributed by atoms with E-state index in [0.717, 1.165) is 18.2 Å². The molecule has 2 nitrogen and oxygen atoms in total. The van der Waals surface area contributed by atoms with Crippen molar-refractivity contribution in [3.63, 3.8) is 0 Å². The number of amides is 1. The van der Waals surface area contributed by atoms with Gasteiger partial charge in [0.1, 0.15) is 0 Å². The lowest BCUT2D eigenvalue weighted by Crippen LogP contribution is -2.35. The predicted molar refractivity (Wildman–Crippen MR) is 75.4 cm³/mol.